The van der Waals surface area contributed by atoms with Gasteiger partial charge in [0.15, 0.2) is 0 Å². The number of carbonyl (C=O) groups is 1. The maximum Gasteiger partial charge on any atom is 0.416 e. The van der Waals surface area contributed by atoms with Crippen LogP contribution < -0.4 is 4.74 Å². The van der Waals surface area contributed by atoms with Crippen LogP contribution in [0.3, 0.4) is 0 Å². The number of benzene rings is 1. The van der Waals surface area contributed by atoms with Gasteiger partial charge >= 0.3 is 12.1 Å². The molecule has 0 atom stereocenters. The molecule has 1 rings (SSSR count). The van der Waals surface area contributed by atoms with Gasteiger partial charge in [-0.2, -0.15) is 13.2 Å². The average molecular weight is 274 g/mol. The number of hydrogen-bond acceptors (Lipinski definition) is 2. The highest BCUT2D eigenvalue weighted by atomic mass is 19.4. The van der Waals surface area contributed by atoms with Crippen LogP contribution in [0.5, 0.6) is 5.75 Å². The van der Waals surface area contributed by atoms with Crippen molar-refractivity contribution in [1.82, 2.24) is 0 Å². The Bertz CT molecular complexity index is 492. The fraction of sp³-hybridized carbons (Fsp3) is 0.308. The quantitative estimate of drug-likeness (QED) is 0.832. The summed E-state index contributed by atoms with van der Waals surface area (Å²) in [6.07, 6.45) is -4.08. The summed E-state index contributed by atoms with van der Waals surface area (Å²) < 4.78 is 42.6. The molecule has 0 saturated carbocycles. The summed E-state index contributed by atoms with van der Waals surface area (Å²) in [5.74, 6) is -1.54. The van der Waals surface area contributed by atoms with Crippen LogP contribution in [-0.2, 0) is 6.18 Å². The molecule has 0 unspecified atom stereocenters. The second kappa shape index (κ2) is 5.77. The predicted octanol–water partition coefficient (Wildman–Crippen LogP) is 3.75. The maximum atomic E-state index is 12.5. The summed E-state index contributed by atoms with van der Waals surface area (Å²) in [4.78, 5) is 10.9. The molecule has 0 radical (unpaired) electrons. The first kappa shape index (κ1) is 15.1. The van der Waals surface area contributed by atoms with Crippen molar-refractivity contribution in [2.75, 3.05) is 6.61 Å². The summed E-state index contributed by atoms with van der Waals surface area (Å²) in [6.45, 7) is 5.58. The standard InChI is InChI=1S/C13H13F3O3/c1-8(2)5-6-19-11-4-3-9(13(14,15)16)7-10(11)12(17)18/h3-4,7H,1,5-6H2,2H3,(H,17,18). The van der Waals surface area contributed by atoms with Crippen molar-refractivity contribution in [3.63, 3.8) is 0 Å². The van der Waals surface area contributed by atoms with E-state index in [0.717, 1.165) is 17.7 Å². The lowest BCUT2D eigenvalue weighted by Crippen LogP contribution is -2.10. The minimum absolute atomic E-state index is 0.0817. The molecule has 0 bridgehead atoms. The van der Waals surface area contributed by atoms with Crippen LogP contribution in [0, 0.1) is 0 Å². The van der Waals surface area contributed by atoms with E-state index in [0.29, 0.717) is 12.5 Å². The first-order valence-electron chi connectivity index (χ1n) is 5.43. The number of rotatable bonds is 5. The van der Waals surface area contributed by atoms with Crippen molar-refractivity contribution in [3.8, 4) is 5.75 Å². The van der Waals surface area contributed by atoms with Crippen molar-refractivity contribution in [2.45, 2.75) is 19.5 Å². The number of ether oxygens (including phenoxy) is 1. The van der Waals surface area contributed by atoms with Gasteiger partial charge in [-0.3, -0.25) is 0 Å². The Kier molecular flexibility index (Phi) is 4.58. The molecule has 0 fully saturated rings. The second-order valence-electron chi connectivity index (χ2n) is 4.07. The summed E-state index contributed by atoms with van der Waals surface area (Å²) >= 11 is 0. The third-order valence-corrected chi connectivity index (χ3v) is 2.32. The number of halogens is 3. The van der Waals surface area contributed by atoms with Crippen molar-refractivity contribution in [2.24, 2.45) is 0 Å². The van der Waals surface area contributed by atoms with E-state index in [2.05, 4.69) is 6.58 Å². The van der Waals surface area contributed by atoms with Crippen molar-refractivity contribution < 1.29 is 27.8 Å². The van der Waals surface area contributed by atoms with Crippen LogP contribution in [0.4, 0.5) is 13.2 Å². The summed E-state index contributed by atoms with van der Waals surface area (Å²) in [5.41, 5.74) is -0.683. The third kappa shape index (κ3) is 4.31. The zero-order valence-corrected chi connectivity index (χ0v) is 10.3. The molecule has 0 amide bonds. The van der Waals surface area contributed by atoms with Gasteiger partial charge in [0.05, 0.1) is 12.2 Å². The first-order chi connectivity index (χ1) is 8.71. The molecular formula is C13H13F3O3. The molecule has 0 aromatic heterocycles. The molecule has 3 nitrogen and oxygen atoms in total. The lowest BCUT2D eigenvalue weighted by atomic mass is 10.1. The SMILES string of the molecule is C=C(C)CCOc1ccc(C(F)(F)F)cc1C(=O)O. The molecular weight excluding hydrogens is 261 g/mol. The molecule has 0 aliphatic carbocycles. The summed E-state index contributed by atoms with van der Waals surface area (Å²) in [7, 11) is 0. The highest BCUT2D eigenvalue weighted by Crippen LogP contribution is 2.32. The molecule has 1 aromatic carbocycles. The Balaban J connectivity index is 2.99. The topological polar surface area (TPSA) is 46.5 Å². The normalized spacial score (nSPS) is 11.2. The van der Waals surface area contributed by atoms with Gasteiger partial charge in [0.25, 0.3) is 0 Å². The highest BCUT2D eigenvalue weighted by molar-refractivity contribution is 5.91. The monoisotopic (exact) mass is 274 g/mol. The number of hydrogen-bond donors (Lipinski definition) is 1. The van der Waals surface area contributed by atoms with Crippen molar-refractivity contribution in [3.05, 3.63) is 41.5 Å². The molecule has 104 valence electrons. The predicted molar refractivity (Wildman–Crippen MR) is 63.3 cm³/mol. The van der Waals surface area contributed by atoms with E-state index >= 15 is 0 Å². The van der Waals surface area contributed by atoms with Crippen LogP contribution in [0.1, 0.15) is 29.3 Å². The van der Waals surface area contributed by atoms with E-state index in [4.69, 9.17) is 9.84 Å². The Labute approximate surface area is 108 Å². The maximum absolute atomic E-state index is 12.5. The summed E-state index contributed by atoms with van der Waals surface area (Å²) in [5, 5.41) is 8.90. The molecule has 0 aliphatic rings. The number of aromatic carboxylic acids is 1. The molecule has 0 saturated heterocycles. The molecule has 0 aliphatic heterocycles. The minimum atomic E-state index is -4.58. The van der Waals surface area contributed by atoms with Gasteiger partial charge in [0, 0.05) is 6.42 Å². The van der Waals surface area contributed by atoms with Crippen LogP contribution in [0.15, 0.2) is 30.4 Å². The molecule has 0 heterocycles. The van der Waals surface area contributed by atoms with Gasteiger partial charge in [0.1, 0.15) is 11.3 Å². The highest BCUT2D eigenvalue weighted by Gasteiger charge is 2.32. The van der Waals surface area contributed by atoms with Crippen molar-refractivity contribution >= 4 is 5.97 Å². The van der Waals surface area contributed by atoms with Crippen LogP contribution >= 0.6 is 0 Å². The lowest BCUT2D eigenvalue weighted by molar-refractivity contribution is -0.137. The third-order valence-electron chi connectivity index (χ3n) is 2.32. The van der Waals surface area contributed by atoms with Gasteiger partial charge in [-0.25, -0.2) is 4.79 Å². The Hall–Kier alpha value is -1.98. The van der Waals surface area contributed by atoms with E-state index in [1.807, 2.05) is 0 Å². The fourth-order valence-electron chi connectivity index (χ4n) is 1.33. The van der Waals surface area contributed by atoms with Gasteiger partial charge in [0.2, 0.25) is 0 Å². The van der Waals surface area contributed by atoms with E-state index in [1.54, 1.807) is 6.92 Å². The minimum Gasteiger partial charge on any atom is -0.492 e. The largest absolute Gasteiger partial charge is 0.492 e. The lowest BCUT2D eigenvalue weighted by Gasteiger charge is -2.12. The first-order valence-corrected chi connectivity index (χ1v) is 5.43. The van der Waals surface area contributed by atoms with Crippen LogP contribution in [0.25, 0.3) is 0 Å². The molecule has 0 spiro atoms. The molecule has 1 aromatic rings. The number of carboxylic acids is 1. The van der Waals surface area contributed by atoms with Crippen LogP contribution in [0.2, 0.25) is 0 Å². The Morgan fingerprint density at radius 1 is 1.42 bits per heavy atom. The average Bonchev–Trinajstić information content (AvgIpc) is 2.27. The molecule has 6 heteroatoms. The number of alkyl halides is 3. The van der Waals surface area contributed by atoms with Gasteiger partial charge < -0.3 is 9.84 Å². The van der Waals surface area contributed by atoms with E-state index in [9.17, 15) is 18.0 Å². The molecule has 19 heavy (non-hydrogen) atoms. The second-order valence-corrected chi connectivity index (χ2v) is 4.07. The fourth-order valence-corrected chi connectivity index (χ4v) is 1.33. The van der Waals surface area contributed by atoms with Crippen molar-refractivity contribution in [1.29, 1.82) is 0 Å². The van der Waals surface area contributed by atoms with E-state index < -0.39 is 23.3 Å². The van der Waals surface area contributed by atoms with E-state index in [1.165, 1.54) is 0 Å². The Morgan fingerprint density at radius 2 is 2.05 bits per heavy atom. The number of carboxylic acid groups (broad SMARTS) is 1. The zero-order valence-electron chi connectivity index (χ0n) is 10.3. The zero-order chi connectivity index (χ0) is 14.6. The smallest absolute Gasteiger partial charge is 0.416 e. The summed E-state index contributed by atoms with van der Waals surface area (Å²) in [6, 6.07) is 2.38. The molecule has 1 N–H and O–H groups in total. The van der Waals surface area contributed by atoms with E-state index in [-0.39, 0.29) is 12.4 Å². The van der Waals surface area contributed by atoms with Crippen LogP contribution in [-0.4, -0.2) is 17.7 Å². The van der Waals surface area contributed by atoms with Gasteiger partial charge in [-0.15, -0.1) is 6.58 Å². The van der Waals surface area contributed by atoms with Gasteiger partial charge in [-0.1, -0.05) is 5.57 Å². The van der Waals surface area contributed by atoms with Gasteiger partial charge in [-0.05, 0) is 25.1 Å². The Morgan fingerprint density at radius 3 is 2.53 bits per heavy atom.